The lowest BCUT2D eigenvalue weighted by Gasteiger charge is -2.32. The van der Waals surface area contributed by atoms with Crippen LogP contribution in [0.4, 0.5) is 0 Å². The fourth-order valence-corrected chi connectivity index (χ4v) is 2.10. The molecule has 20 heavy (non-hydrogen) atoms. The van der Waals surface area contributed by atoms with Gasteiger partial charge >= 0.3 is 7.12 Å². The van der Waals surface area contributed by atoms with Crippen molar-refractivity contribution in [2.75, 3.05) is 6.61 Å². The van der Waals surface area contributed by atoms with Crippen LogP contribution in [0.1, 0.15) is 40.2 Å². The third kappa shape index (κ3) is 2.42. The van der Waals surface area contributed by atoms with Crippen molar-refractivity contribution in [3.63, 3.8) is 0 Å². The molecule has 0 aromatic heterocycles. The molecule has 1 fully saturated rings. The highest BCUT2D eigenvalue weighted by Crippen LogP contribution is 2.37. The van der Waals surface area contributed by atoms with E-state index in [1.807, 2.05) is 46.8 Å². The first kappa shape index (κ1) is 14.9. The molecule has 0 radical (unpaired) electrons. The van der Waals surface area contributed by atoms with E-state index in [0.29, 0.717) is 17.9 Å². The van der Waals surface area contributed by atoms with Gasteiger partial charge in [-0.15, -0.1) is 0 Å². The van der Waals surface area contributed by atoms with Gasteiger partial charge in [-0.25, -0.2) is 0 Å². The number of rotatable bonds is 3. The fraction of sp³-hybridized carbons (Fsp3) is 0.533. The summed E-state index contributed by atoms with van der Waals surface area (Å²) >= 11 is 0. The van der Waals surface area contributed by atoms with Crippen LogP contribution in [0.2, 0.25) is 0 Å². The van der Waals surface area contributed by atoms with Crippen molar-refractivity contribution >= 4 is 12.6 Å². The van der Waals surface area contributed by atoms with Crippen LogP contribution < -0.4 is 10.2 Å². The van der Waals surface area contributed by atoms with E-state index >= 15 is 0 Å². The number of ether oxygens (including phenoxy) is 1. The van der Waals surface area contributed by atoms with E-state index in [2.05, 4.69) is 6.07 Å². The molecule has 5 heteroatoms. The van der Waals surface area contributed by atoms with E-state index in [0.717, 1.165) is 5.46 Å². The molecular formula is C15H20BNO3. The number of nitrogens with zero attached hydrogens (tertiary/aromatic N) is 1. The quantitative estimate of drug-likeness (QED) is 0.793. The summed E-state index contributed by atoms with van der Waals surface area (Å²) in [7, 11) is -0.519. The molecule has 0 N–H and O–H groups in total. The number of hydrogen-bond acceptors (Lipinski definition) is 4. The lowest BCUT2D eigenvalue weighted by Crippen LogP contribution is -2.41. The summed E-state index contributed by atoms with van der Waals surface area (Å²) in [5.41, 5.74) is 0.441. The van der Waals surface area contributed by atoms with Crippen LogP contribution in [0.25, 0.3) is 0 Å². The van der Waals surface area contributed by atoms with Crippen molar-refractivity contribution in [1.82, 2.24) is 0 Å². The average Bonchev–Trinajstić information content (AvgIpc) is 2.59. The molecule has 0 bridgehead atoms. The zero-order valence-electron chi connectivity index (χ0n) is 12.7. The molecule has 1 saturated heterocycles. The zero-order valence-corrected chi connectivity index (χ0v) is 12.7. The van der Waals surface area contributed by atoms with Crippen molar-refractivity contribution in [3.05, 3.63) is 23.8 Å². The molecule has 1 aromatic carbocycles. The van der Waals surface area contributed by atoms with Crippen molar-refractivity contribution in [2.45, 2.75) is 45.8 Å². The highest BCUT2D eigenvalue weighted by Gasteiger charge is 2.52. The molecule has 1 aromatic rings. The summed E-state index contributed by atoms with van der Waals surface area (Å²) in [5.74, 6) is 0.552. The topological polar surface area (TPSA) is 51.5 Å². The Morgan fingerprint density at radius 2 is 1.80 bits per heavy atom. The Balaban J connectivity index is 2.43. The second kappa shape index (κ2) is 5.12. The van der Waals surface area contributed by atoms with Crippen LogP contribution >= 0.6 is 0 Å². The van der Waals surface area contributed by atoms with E-state index in [1.54, 1.807) is 6.07 Å². The second-order valence-electron chi connectivity index (χ2n) is 5.86. The normalized spacial score (nSPS) is 19.7. The Kier molecular flexibility index (Phi) is 3.81. The van der Waals surface area contributed by atoms with Crippen molar-refractivity contribution in [3.8, 4) is 11.8 Å². The number of para-hydroxylation sites is 1. The van der Waals surface area contributed by atoms with Crippen molar-refractivity contribution in [1.29, 1.82) is 5.26 Å². The van der Waals surface area contributed by atoms with Gasteiger partial charge in [0.05, 0.1) is 23.4 Å². The Bertz CT molecular complexity index is 533. The van der Waals surface area contributed by atoms with Crippen molar-refractivity contribution < 1.29 is 14.0 Å². The van der Waals surface area contributed by atoms with Gasteiger partial charge in [0.25, 0.3) is 0 Å². The first-order valence-corrected chi connectivity index (χ1v) is 6.84. The Labute approximate surface area is 120 Å². The third-order valence-electron chi connectivity index (χ3n) is 3.96. The van der Waals surface area contributed by atoms with E-state index < -0.39 is 18.3 Å². The van der Waals surface area contributed by atoms with E-state index in [4.69, 9.17) is 14.0 Å². The summed E-state index contributed by atoms with van der Waals surface area (Å²) in [6.45, 7) is 10.4. The Morgan fingerprint density at radius 1 is 1.20 bits per heavy atom. The van der Waals surface area contributed by atoms with E-state index in [-0.39, 0.29) is 0 Å². The summed E-state index contributed by atoms with van der Waals surface area (Å²) in [4.78, 5) is 0. The van der Waals surface area contributed by atoms with Crippen LogP contribution in [0.15, 0.2) is 18.2 Å². The molecule has 1 aliphatic rings. The maximum absolute atomic E-state index is 9.21. The Morgan fingerprint density at radius 3 is 2.30 bits per heavy atom. The van der Waals surface area contributed by atoms with E-state index in [9.17, 15) is 5.26 Å². The standard InChI is InChI=1S/C15H20BNO3/c1-6-18-13-11(10-17)8-7-9-12(13)16-19-14(2,3)15(4,5)20-16/h7-9H,6H2,1-5H3. The van der Waals surface area contributed by atoms with Gasteiger partial charge < -0.3 is 14.0 Å². The number of benzene rings is 1. The predicted molar refractivity (Wildman–Crippen MR) is 78.0 cm³/mol. The first-order valence-electron chi connectivity index (χ1n) is 6.84. The van der Waals surface area contributed by atoms with Gasteiger partial charge in [0.15, 0.2) is 0 Å². The van der Waals surface area contributed by atoms with Crippen LogP contribution in [-0.2, 0) is 9.31 Å². The molecule has 0 spiro atoms. The average molecular weight is 273 g/mol. The maximum Gasteiger partial charge on any atom is 0.498 e. The largest absolute Gasteiger partial charge is 0.498 e. The molecule has 1 heterocycles. The van der Waals surface area contributed by atoms with Gasteiger partial charge in [-0.05, 0) is 40.7 Å². The smallest absolute Gasteiger partial charge is 0.493 e. The summed E-state index contributed by atoms with van der Waals surface area (Å²) < 4.78 is 17.7. The molecule has 0 aliphatic carbocycles. The highest BCUT2D eigenvalue weighted by molar-refractivity contribution is 6.63. The van der Waals surface area contributed by atoms with Gasteiger partial charge in [0.2, 0.25) is 0 Å². The van der Waals surface area contributed by atoms with E-state index in [1.165, 1.54) is 0 Å². The third-order valence-corrected chi connectivity index (χ3v) is 3.96. The van der Waals surface area contributed by atoms with Crippen LogP contribution in [-0.4, -0.2) is 24.9 Å². The lowest BCUT2D eigenvalue weighted by atomic mass is 9.77. The molecule has 0 atom stereocenters. The summed E-state index contributed by atoms with van der Waals surface area (Å²) in [6, 6.07) is 7.59. The lowest BCUT2D eigenvalue weighted by molar-refractivity contribution is 0.00578. The predicted octanol–water partition coefficient (Wildman–Crippen LogP) is 2.26. The highest BCUT2D eigenvalue weighted by atomic mass is 16.7. The Hall–Kier alpha value is -1.51. The van der Waals surface area contributed by atoms with Crippen LogP contribution in [0.5, 0.6) is 5.75 Å². The fourth-order valence-electron chi connectivity index (χ4n) is 2.10. The molecule has 0 saturated carbocycles. The van der Waals surface area contributed by atoms with Crippen LogP contribution in [0.3, 0.4) is 0 Å². The first-order chi connectivity index (χ1) is 9.32. The minimum absolute atomic E-state index is 0.413. The molecule has 2 rings (SSSR count). The second-order valence-corrected chi connectivity index (χ2v) is 5.86. The van der Waals surface area contributed by atoms with Gasteiger partial charge in [-0.3, -0.25) is 0 Å². The molecule has 1 aliphatic heterocycles. The summed E-state index contributed by atoms with van der Waals surface area (Å²) in [6.07, 6.45) is 0. The SMILES string of the molecule is CCOc1c(C#N)cccc1B1OC(C)(C)C(C)(C)O1. The monoisotopic (exact) mass is 273 g/mol. The molecule has 0 unspecified atom stereocenters. The maximum atomic E-state index is 9.21. The molecule has 4 nitrogen and oxygen atoms in total. The van der Waals surface area contributed by atoms with Crippen LogP contribution in [0, 0.1) is 11.3 Å². The number of hydrogen-bond donors (Lipinski definition) is 0. The number of nitriles is 1. The van der Waals surface area contributed by atoms with Gasteiger partial charge in [-0.2, -0.15) is 5.26 Å². The summed E-state index contributed by atoms with van der Waals surface area (Å²) in [5, 5.41) is 9.21. The van der Waals surface area contributed by atoms with Gasteiger partial charge in [0.1, 0.15) is 11.8 Å². The van der Waals surface area contributed by atoms with Gasteiger partial charge in [-0.1, -0.05) is 12.1 Å². The minimum Gasteiger partial charge on any atom is -0.493 e. The van der Waals surface area contributed by atoms with Gasteiger partial charge in [0, 0.05) is 5.46 Å². The molecular weight excluding hydrogens is 253 g/mol. The van der Waals surface area contributed by atoms with Crippen molar-refractivity contribution in [2.24, 2.45) is 0 Å². The molecule has 106 valence electrons. The minimum atomic E-state index is -0.519. The molecule has 0 amide bonds. The zero-order chi connectivity index (χ0) is 15.0.